The summed E-state index contributed by atoms with van der Waals surface area (Å²) >= 11 is 1.83. The molecule has 0 fully saturated rings. The molecule has 0 aliphatic heterocycles. The van der Waals surface area contributed by atoms with Crippen LogP contribution in [0.25, 0.3) is 0 Å². The van der Waals surface area contributed by atoms with Crippen LogP contribution in [0.3, 0.4) is 0 Å². The van der Waals surface area contributed by atoms with Gasteiger partial charge in [-0.3, -0.25) is 0 Å². The second kappa shape index (κ2) is 4.80. The van der Waals surface area contributed by atoms with Gasteiger partial charge in [-0.25, -0.2) is 0 Å². The molecule has 0 aliphatic rings. The number of aliphatic hydroxyl groups is 1. The van der Waals surface area contributed by atoms with Gasteiger partial charge < -0.3 is 5.11 Å². The van der Waals surface area contributed by atoms with Gasteiger partial charge in [-0.15, -0.1) is 11.8 Å². The van der Waals surface area contributed by atoms with Gasteiger partial charge in [-0.2, -0.15) is 0 Å². The lowest BCUT2D eigenvalue weighted by Crippen LogP contribution is -2.30. The average Bonchev–Trinajstić information content (AvgIpc) is 1.96. The number of hydrogen-bond acceptors (Lipinski definition) is 2. The monoisotopic (exact) mass is 238 g/mol. The van der Waals surface area contributed by atoms with E-state index in [2.05, 4.69) is 45.0 Å². The molecule has 0 bridgehead atoms. The van der Waals surface area contributed by atoms with Crippen molar-refractivity contribution in [2.75, 3.05) is 0 Å². The molecule has 0 radical (unpaired) electrons. The van der Waals surface area contributed by atoms with Crippen LogP contribution in [0.5, 0.6) is 0 Å². The highest BCUT2D eigenvalue weighted by molar-refractivity contribution is 8.00. The van der Waals surface area contributed by atoms with Crippen molar-refractivity contribution in [2.45, 2.75) is 56.3 Å². The molecule has 1 rings (SSSR count). The first-order valence-electron chi connectivity index (χ1n) is 5.66. The van der Waals surface area contributed by atoms with Gasteiger partial charge in [0.15, 0.2) is 0 Å². The van der Waals surface area contributed by atoms with E-state index < -0.39 is 5.60 Å². The van der Waals surface area contributed by atoms with Gasteiger partial charge in [-0.1, -0.05) is 31.5 Å². The molecule has 0 spiro atoms. The van der Waals surface area contributed by atoms with Gasteiger partial charge in [0.25, 0.3) is 0 Å². The first-order chi connectivity index (χ1) is 7.18. The number of hydrogen-bond donors (Lipinski definition) is 1. The van der Waals surface area contributed by atoms with E-state index >= 15 is 0 Å². The van der Waals surface area contributed by atoms with Crippen molar-refractivity contribution in [3.63, 3.8) is 0 Å². The van der Waals surface area contributed by atoms with Crippen molar-refractivity contribution in [3.8, 4) is 0 Å². The summed E-state index contributed by atoms with van der Waals surface area (Å²) in [4.78, 5) is 1.27. The van der Waals surface area contributed by atoms with E-state index in [9.17, 15) is 5.11 Å². The van der Waals surface area contributed by atoms with E-state index in [0.29, 0.717) is 0 Å². The molecule has 0 atom stereocenters. The Morgan fingerprint density at radius 2 is 1.81 bits per heavy atom. The molecule has 0 saturated carbocycles. The van der Waals surface area contributed by atoms with Crippen molar-refractivity contribution >= 4 is 11.8 Å². The summed E-state index contributed by atoms with van der Waals surface area (Å²) in [5.41, 5.74) is 0.671. The van der Waals surface area contributed by atoms with E-state index in [1.807, 2.05) is 25.6 Å². The zero-order valence-corrected chi connectivity index (χ0v) is 11.7. The molecule has 0 aromatic heterocycles. The molecule has 0 aliphatic carbocycles. The van der Waals surface area contributed by atoms with E-state index in [1.165, 1.54) is 10.5 Å². The van der Waals surface area contributed by atoms with E-state index in [4.69, 9.17) is 0 Å². The standard InChI is InChI=1S/C14H22OS/c1-11-7-6-8-12(9-11)16-14(4,5)10-13(2,3)15/h6-9,15H,10H2,1-5H3. The summed E-state index contributed by atoms with van der Waals surface area (Å²) in [5.74, 6) is 0. The Bertz CT molecular complexity index is 350. The number of benzene rings is 1. The molecule has 16 heavy (non-hydrogen) atoms. The largest absolute Gasteiger partial charge is 0.390 e. The van der Waals surface area contributed by atoms with Crippen molar-refractivity contribution < 1.29 is 5.11 Å². The van der Waals surface area contributed by atoms with Gasteiger partial charge >= 0.3 is 0 Å². The van der Waals surface area contributed by atoms with Crippen LogP contribution >= 0.6 is 11.8 Å². The fourth-order valence-corrected chi connectivity index (χ4v) is 3.53. The highest BCUT2D eigenvalue weighted by Crippen LogP contribution is 2.38. The highest BCUT2D eigenvalue weighted by Gasteiger charge is 2.27. The first-order valence-corrected chi connectivity index (χ1v) is 6.48. The van der Waals surface area contributed by atoms with Crippen molar-refractivity contribution in [3.05, 3.63) is 29.8 Å². The van der Waals surface area contributed by atoms with Gasteiger partial charge in [-0.05, 0) is 39.3 Å². The van der Waals surface area contributed by atoms with Gasteiger partial charge in [0, 0.05) is 9.64 Å². The van der Waals surface area contributed by atoms with Crippen LogP contribution in [0.1, 0.15) is 39.7 Å². The molecule has 1 nitrogen and oxygen atoms in total. The zero-order chi connectivity index (χ0) is 12.4. The van der Waals surface area contributed by atoms with Gasteiger partial charge in [0.1, 0.15) is 0 Å². The summed E-state index contributed by atoms with van der Waals surface area (Å²) < 4.78 is 0.0477. The van der Waals surface area contributed by atoms with Gasteiger partial charge in [0.2, 0.25) is 0 Å². The molecule has 0 heterocycles. The summed E-state index contributed by atoms with van der Waals surface area (Å²) in [6.07, 6.45) is 0.776. The quantitative estimate of drug-likeness (QED) is 0.799. The minimum absolute atomic E-state index is 0.0477. The van der Waals surface area contributed by atoms with Crippen molar-refractivity contribution in [1.82, 2.24) is 0 Å². The molecule has 1 aromatic rings. The topological polar surface area (TPSA) is 20.2 Å². The Hall–Kier alpha value is -0.470. The smallest absolute Gasteiger partial charge is 0.0604 e. The fraction of sp³-hybridized carbons (Fsp3) is 0.571. The fourth-order valence-electron chi connectivity index (χ4n) is 2.08. The second-order valence-electron chi connectivity index (χ2n) is 5.67. The number of thioether (sulfide) groups is 1. The third-order valence-corrected chi connectivity index (χ3v) is 3.43. The second-order valence-corrected chi connectivity index (χ2v) is 7.45. The summed E-state index contributed by atoms with van der Waals surface area (Å²) in [6, 6.07) is 8.51. The first kappa shape index (κ1) is 13.6. The highest BCUT2D eigenvalue weighted by atomic mass is 32.2. The maximum Gasteiger partial charge on any atom is 0.0604 e. The maximum atomic E-state index is 9.87. The van der Waals surface area contributed by atoms with Crippen LogP contribution in [-0.2, 0) is 0 Å². The molecule has 0 unspecified atom stereocenters. The van der Waals surface area contributed by atoms with Crippen molar-refractivity contribution in [1.29, 1.82) is 0 Å². The average molecular weight is 238 g/mol. The Balaban J connectivity index is 2.72. The Morgan fingerprint density at radius 1 is 1.19 bits per heavy atom. The Labute approximate surface area is 103 Å². The lowest BCUT2D eigenvalue weighted by Gasteiger charge is -2.31. The normalized spacial score (nSPS) is 12.9. The molecule has 0 saturated heterocycles. The van der Waals surface area contributed by atoms with Crippen LogP contribution in [0.15, 0.2) is 29.2 Å². The van der Waals surface area contributed by atoms with Crippen LogP contribution < -0.4 is 0 Å². The molecular weight excluding hydrogens is 216 g/mol. The lowest BCUT2D eigenvalue weighted by molar-refractivity contribution is 0.0629. The van der Waals surface area contributed by atoms with Crippen LogP contribution in [-0.4, -0.2) is 15.5 Å². The van der Waals surface area contributed by atoms with Crippen LogP contribution in [0.4, 0.5) is 0 Å². The van der Waals surface area contributed by atoms with Gasteiger partial charge in [0.05, 0.1) is 5.60 Å². The Kier molecular flexibility index (Phi) is 4.08. The maximum absolute atomic E-state index is 9.87. The third-order valence-electron chi connectivity index (χ3n) is 2.24. The number of aryl methyl sites for hydroxylation is 1. The van der Waals surface area contributed by atoms with Crippen LogP contribution in [0, 0.1) is 6.92 Å². The minimum atomic E-state index is -0.611. The van der Waals surface area contributed by atoms with E-state index in [-0.39, 0.29) is 4.75 Å². The molecule has 90 valence electrons. The molecule has 2 heteroatoms. The van der Waals surface area contributed by atoms with E-state index in [0.717, 1.165) is 6.42 Å². The lowest BCUT2D eigenvalue weighted by atomic mass is 9.96. The predicted octanol–water partition coefficient (Wildman–Crippen LogP) is 4.03. The zero-order valence-electron chi connectivity index (χ0n) is 10.9. The summed E-state index contributed by atoms with van der Waals surface area (Å²) in [6.45, 7) is 10.2. The van der Waals surface area contributed by atoms with E-state index in [1.54, 1.807) is 0 Å². The molecular formula is C14H22OS. The Morgan fingerprint density at radius 3 is 2.31 bits per heavy atom. The molecule has 1 aromatic carbocycles. The third kappa shape index (κ3) is 5.04. The molecule has 1 N–H and O–H groups in total. The molecule has 0 amide bonds. The number of rotatable bonds is 4. The summed E-state index contributed by atoms with van der Waals surface area (Å²) in [7, 11) is 0. The van der Waals surface area contributed by atoms with Crippen LogP contribution in [0.2, 0.25) is 0 Å². The minimum Gasteiger partial charge on any atom is -0.390 e. The predicted molar refractivity (Wildman–Crippen MR) is 72.0 cm³/mol. The summed E-state index contributed by atoms with van der Waals surface area (Å²) in [5, 5.41) is 9.87. The SMILES string of the molecule is Cc1cccc(SC(C)(C)CC(C)(C)O)c1. The van der Waals surface area contributed by atoms with Crippen molar-refractivity contribution in [2.24, 2.45) is 0 Å².